The van der Waals surface area contributed by atoms with Gasteiger partial charge in [0.25, 0.3) is 0 Å². The molecule has 4 aromatic rings. The Morgan fingerprint density at radius 3 is 2.48 bits per heavy atom. The van der Waals surface area contributed by atoms with E-state index in [2.05, 4.69) is 31.2 Å². The summed E-state index contributed by atoms with van der Waals surface area (Å²) in [5.74, 6) is -0.145. The van der Waals surface area contributed by atoms with E-state index in [1.807, 2.05) is 35.0 Å². The van der Waals surface area contributed by atoms with E-state index < -0.39 is 0 Å². The molecule has 0 aliphatic heterocycles. The van der Waals surface area contributed by atoms with Crippen molar-refractivity contribution >= 4 is 10.9 Å². The zero-order chi connectivity index (χ0) is 18.8. The number of aryl methyl sites for hydroxylation is 1. The molecule has 0 aliphatic rings. The van der Waals surface area contributed by atoms with Crippen molar-refractivity contribution in [1.82, 2.24) is 9.78 Å². The second-order valence-electron chi connectivity index (χ2n) is 6.49. The Morgan fingerprint density at radius 1 is 0.963 bits per heavy atom. The topological polar surface area (TPSA) is 27.1 Å². The lowest BCUT2D eigenvalue weighted by Gasteiger charge is -2.07. The molecule has 0 spiro atoms. The molecule has 4 heteroatoms. The largest absolute Gasteiger partial charge is 0.494 e. The summed E-state index contributed by atoms with van der Waals surface area (Å²) in [4.78, 5) is 0. The Labute approximate surface area is 158 Å². The van der Waals surface area contributed by atoms with E-state index in [1.165, 1.54) is 13.2 Å². The van der Waals surface area contributed by atoms with Crippen molar-refractivity contribution in [2.75, 3.05) is 7.11 Å². The second kappa shape index (κ2) is 7.23. The maximum atomic E-state index is 14.3. The van der Waals surface area contributed by atoms with Crippen molar-refractivity contribution in [3.8, 4) is 28.1 Å². The molecule has 0 atom stereocenters. The van der Waals surface area contributed by atoms with Gasteiger partial charge in [0.2, 0.25) is 0 Å². The zero-order valence-electron chi connectivity index (χ0n) is 15.4. The van der Waals surface area contributed by atoms with E-state index in [0.29, 0.717) is 0 Å². The molecule has 0 saturated heterocycles. The van der Waals surface area contributed by atoms with Crippen LogP contribution in [-0.2, 0) is 6.54 Å². The third-order valence-corrected chi connectivity index (χ3v) is 4.72. The third kappa shape index (κ3) is 3.08. The molecule has 3 aromatic carbocycles. The Kier molecular flexibility index (Phi) is 4.63. The summed E-state index contributed by atoms with van der Waals surface area (Å²) >= 11 is 0. The van der Waals surface area contributed by atoms with Gasteiger partial charge in [-0.25, -0.2) is 4.39 Å². The van der Waals surface area contributed by atoms with Gasteiger partial charge in [-0.3, -0.25) is 4.68 Å². The molecular weight excluding hydrogens is 339 g/mol. The summed E-state index contributed by atoms with van der Waals surface area (Å²) in [5, 5.41) is 5.86. The highest BCUT2D eigenvalue weighted by Gasteiger charge is 2.17. The molecule has 0 radical (unpaired) electrons. The molecule has 136 valence electrons. The fourth-order valence-corrected chi connectivity index (χ4v) is 3.49. The van der Waals surface area contributed by atoms with Gasteiger partial charge in [-0.15, -0.1) is 0 Å². The molecule has 0 N–H and O–H groups in total. The van der Waals surface area contributed by atoms with Crippen molar-refractivity contribution in [3.63, 3.8) is 0 Å². The number of rotatable bonds is 5. The summed E-state index contributed by atoms with van der Waals surface area (Å²) in [6, 6.07) is 21.5. The van der Waals surface area contributed by atoms with Gasteiger partial charge in [-0.2, -0.15) is 5.10 Å². The summed E-state index contributed by atoms with van der Waals surface area (Å²) in [7, 11) is 1.47. The van der Waals surface area contributed by atoms with Crippen molar-refractivity contribution in [2.45, 2.75) is 19.9 Å². The molecule has 3 nitrogen and oxygen atoms in total. The number of halogens is 1. The Hall–Kier alpha value is -3.14. The third-order valence-electron chi connectivity index (χ3n) is 4.72. The van der Waals surface area contributed by atoms with E-state index in [0.717, 1.165) is 46.3 Å². The van der Waals surface area contributed by atoms with Crippen LogP contribution in [0.15, 0.2) is 66.7 Å². The number of para-hydroxylation sites is 1. The molecule has 0 unspecified atom stereocenters. The molecule has 0 fully saturated rings. The normalized spacial score (nSPS) is 11.1. The van der Waals surface area contributed by atoms with Crippen molar-refractivity contribution < 1.29 is 9.13 Å². The molecule has 1 aromatic heterocycles. The molecule has 27 heavy (non-hydrogen) atoms. The maximum Gasteiger partial charge on any atom is 0.165 e. The SMILES string of the molecule is CCCn1nc(-c2ccc(OC)c(F)c2)c2cccc(-c3ccccc3)c21. The fraction of sp³-hybridized carbons (Fsp3) is 0.174. The minimum atomic E-state index is -0.382. The lowest BCUT2D eigenvalue weighted by atomic mass is 10.0. The Morgan fingerprint density at radius 2 is 1.78 bits per heavy atom. The van der Waals surface area contributed by atoms with Crippen LogP contribution in [0.5, 0.6) is 5.75 Å². The van der Waals surface area contributed by atoms with Gasteiger partial charge in [0.1, 0.15) is 5.69 Å². The van der Waals surface area contributed by atoms with Crippen LogP contribution in [-0.4, -0.2) is 16.9 Å². The predicted octanol–water partition coefficient (Wildman–Crippen LogP) is 5.93. The lowest BCUT2D eigenvalue weighted by Crippen LogP contribution is -2.00. The molecular formula is C23H21FN2O. The van der Waals surface area contributed by atoms with Crippen LogP contribution in [0.2, 0.25) is 0 Å². The standard InChI is InChI=1S/C23H21FN2O/c1-3-14-26-23-18(16-8-5-4-6-9-16)10-7-11-19(23)22(25-26)17-12-13-21(27-2)20(24)15-17/h4-13,15H,3,14H2,1-2H3. The number of aromatic nitrogens is 2. The Balaban J connectivity index is 1.97. The first kappa shape index (κ1) is 17.3. The maximum absolute atomic E-state index is 14.3. The Bertz CT molecular complexity index is 1090. The fourth-order valence-electron chi connectivity index (χ4n) is 3.49. The van der Waals surface area contributed by atoms with Gasteiger partial charge in [-0.1, -0.05) is 55.5 Å². The lowest BCUT2D eigenvalue weighted by molar-refractivity contribution is 0.386. The van der Waals surface area contributed by atoms with Gasteiger partial charge >= 0.3 is 0 Å². The molecule has 0 amide bonds. The minimum Gasteiger partial charge on any atom is -0.494 e. The van der Waals surface area contributed by atoms with Gasteiger partial charge in [0, 0.05) is 23.1 Å². The first-order chi connectivity index (χ1) is 13.2. The van der Waals surface area contributed by atoms with Crippen molar-refractivity contribution in [1.29, 1.82) is 0 Å². The van der Waals surface area contributed by atoms with E-state index in [4.69, 9.17) is 9.84 Å². The highest BCUT2D eigenvalue weighted by Crippen LogP contribution is 2.35. The van der Waals surface area contributed by atoms with Crippen molar-refractivity contribution in [3.05, 3.63) is 72.5 Å². The predicted molar refractivity (Wildman–Crippen MR) is 107 cm³/mol. The monoisotopic (exact) mass is 360 g/mol. The minimum absolute atomic E-state index is 0.237. The smallest absolute Gasteiger partial charge is 0.165 e. The van der Waals surface area contributed by atoms with E-state index >= 15 is 0 Å². The highest BCUT2D eigenvalue weighted by atomic mass is 19.1. The van der Waals surface area contributed by atoms with E-state index in [1.54, 1.807) is 6.07 Å². The summed E-state index contributed by atoms with van der Waals surface area (Å²) < 4.78 is 21.4. The number of hydrogen-bond acceptors (Lipinski definition) is 2. The van der Waals surface area contributed by atoms with Gasteiger partial charge < -0.3 is 4.74 Å². The quantitative estimate of drug-likeness (QED) is 0.441. The summed E-state index contributed by atoms with van der Waals surface area (Å²) in [5.41, 5.74) is 4.90. The average molecular weight is 360 g/mol. The second-order valence-corrected chi connectivity index (χ2v) is 6.49. The van der Waals surface area contributed by atoms with Crippen LogP contribution < -0.4 is 4.74 Å². The highest BCUT2D eigenvalue weighted by molar-refractivity contribution is 6.01. The average Bonchev–Trinajstić information content (AvgIpc) is 3.08. The number of fused-ring (bicyclic) bond motifs is 1. The van der Waals surface area contributed by atoms with Crippen LogP contribution in [0.4, 0.5) is 4.39 Å². The molecule has 4 rings (SSSR count). The first-order valence-electron chi connectivity index (χ1n) is 9.11. The van der Waals surface area contributed by atoms with E-state index in [-0.39, 0.29) is 11.6 Å². The first-order valence-corrected chi connectivity index (χ1v) is 9.11. The van der Waals surface area contributed by atoms with Crippen molar-refractivity contribution in [2.24, 2.45) is 0 Å². The molecule has 0 saturated carbocycles. The zero-order valence-corrected chi connectivity index (χ0v) is 15.4. The summed E-state index contributed by atoms with van der Waals surface area (Å²) in [6.07, 6.45) is 0.969. The summed E-state index contributed by atoms with van der Waals surface area (Å²) in [6.45, 7) is 2.93. The number of ether oxygens (including phenoxy) is 1. The van der Waals surface area contributed by atoms with Crippen LogP contribution in [0.25, 0.3) is 33.3 Å². The molecule has 0 bridgehead atoms. The van der Waals surface area contributed by atoms with Crippen LogP contribution in [0, 0.1) is 5.82 Å². The van der Waals surface area contributed by atoms with Crippen LogP contribution in [0.3, 0.4) is 0 Å². The van der Waals surface area contributed by atoms with E-state index in [9.17, 15) is 4.39 Å². The number of benzene rings is 3. The van der Waals surface area contributed by atoms with Gasteiger partial charge in [0.15, 0.2) is 11.6 Å². The van der Waals surface area contributed by atoms with Gasteiger partial charge in [-0.05, 0) is 30.2 Å². The van der Waals surface area contributed by atoms with Crippen LogP contribution >= 0.6 is 0 Å². The molecule has 0 aliphatic carbocycles. The van der Waals surface area contributed by atoms with Gasteiger partial charge in [0.05, 0.1) is 12.6 Å². The number of hydrogen-bond donors (Lipinski definition) is 0. The van der Waals surface area contributed by atoms with Crippen LogP contribution in [0.1, 0.15) is 13.3 Å². The molecule has 1 heterocycles. The number of nitrogens with zero attached hydrogens (tertiary/aromatic N) is 2. The number of methoxy groups -OCH3 is 1.